The molecular weight excluding hydrogens is 420 g/mol. The van der Waals surface area contributed by atoms with Gasteiger partial charge in [-0.05, 0) is 12.1 Å². The normalized spacial score (nSPS) is 10.7. The van der Waals surface area contributed by atoms with Gasteiger partial charge in [0.1, 0.15) is 11.5 Å². The molecule has 0 saturated carbocycles. The van der Waals surface area contributed by atoms with Crippen molar-refractivity contribution in [3.63, 3.8) is 0 Å². The Morgan fingerprint density at radius 1 is 0.690 bits per heavy atom. The van der Waals surface area contributed by atoms with Gasteiger partial charge in [-0.3, -0.25) is 19.4 Å². The van der Waals surface area contributed by atoms with Crippen LogP contribution >= 0.6 is 0 Å². The zero-order chi connectivity index (χ0) is 20.5. The van der Waals surface area contributed by atoms with E-state index in [4.69, 9.17) is 10.2 Å². The van der Waals surface area contributed by atoms with Crippen molar-refractivity contribution in [2.75, 3.05) is 26.2 Å². The Labute approximate surface area is 179 Å². The van der Waals surface area contributed by atoms with E-state index in [-0.39, 0.29) is 67.8 Å². The van der Waals surface area contributed by atoms with Crippen LogP contribution in [0.4, 0.5) is 0 Å². The van der Waals surface area contributed by atoms with E-state index in [1.165, 1.54) is 12.1 Å². The maximum Gasteiger partial charge on any atom is 2.00 e. The molecule has 0 amide bonds. The summed E-state index contributed by atoms with van der Waals surface area (Å²) in [5.41, 5.74) is 1.18. The molecule has 2 aromatic rings. The molecule has 0 atom stereocenters. The molecule has 2 aromatic carbocycles. The number of phenolic OH excluding ortho intramolecular Hbond substituents is 2. The van der Waals surface area contributed by atoms with Gasteiger partial charge in [0.05, 0.1) is 13.1 Å². The molecule has 4 N–H and O–H groups in total. The molecule has 8 nitrogen and oxygen atoms in total. The molecule has 0 aliphatic carbocycles. The second kappa shape index (κ2) is 12.1. The van der Waals surface area contributed by atoms with Crippen molar-refractivity contribution in [3.8, 4) is 11.5 Å². The zero-order valence-corrected chi connectivity index (χ0v) is 16.8. The summed E-state index contributed by atoms with van der Waals surface area (Å²) in [6.07, 6.45) is 0. The van der Waals surface area contributed by atoms with Crippen molar-refractivity contribution in [1.29, 1.82) is 0 Å². The van der Waals surface area contributed by atoms with Gasteiger partial charge in [-0.15, -0.1) is 0 Å². The Morgan fingerprint density at radius 3 is 1.34 bits per heavy atom. The van der Waals surface area contributed by atoms with Crippen LogP contribution in [0.3, 0.4) is 0 Å². The van der Waals surface area contributed by atoms with Crippen LogP contribution in [0.1, 0.15) is 11.1 Å². The summed E-state index contributed by atoms with van der Waals surface area (Å²) in [5, 5.41) is 38.2. The Balaban J connectivity index is 0.00000420. The fourth-order valence-electron chi connectivity index (χ4n) is 2.86. The van der Waals surface area contributed by atoms with E-state index >= 15 is 0 Å². The summed E-state index contributed by atoms with van der Waals surface area (Å²) in [6, 6.07) is 13.4. The van der Waals surface area contributed by atoms with E-state index in [0.717, 1.165) is 0 Å². The Morgan fingerprint density at radius 2 is 1.03 bits per heavy atom. The molecular formula is C20H24FeN2O6+2. The number of aromatic hydroxyl groups is 2. The van der Waals surface area contributed by atoms with Crippen molar-refractivity contribution in [2.24, 2.45) is 0 Å². The van der Waals surface area contributed by atoms with Crippen LogP contribution in [-0.2, 0) is 39.7 Å². The van der Waals surface area contributed by atoms with E-state index < -0.39 is 11.9 Å². The molecule has 0 radical (unpaired) electrons. The van der Waals surface area contributed by atoms with Gasteiger partial charge in [0, 0.05) is 37.3 Å². The molecule has 9 heteroatoms. The van der Waals surface area contributed by atoms with Gasteiger partial charge >= 0.3 is 29.0 Å². The predicted molar refractivity (Wildman–Crippen MR) is 102 cm³/mol. The maximum absolute atomic E-state index is 11.2. The fourth-order valence-corrected chi connectivity index (χ4v) is 2.86. The van der Waals surface area contributed by atoms with Gasteiger partial charge in [-0.2, -0.15) is 0 Å². The largest absolute Gasteiger partial charge is 2.00 e. The second-order valence-electron chi connectivity index (χ2n) is 6.47. The van der Waals surface area contributed by atoms with Crippen molar-refractivity contribution in [3.05, 3.63) is 59.7 Å². The summed E-state index contributed by atoms with van der Waals surface area (Å²) in [6.45, 7) is 0.508. The van der Waals surface area contributed by atoms with Gasteiger partial charge in [0.2, 0.25) is 0 Å². The van der Waals surface area contributed by atoms with E-state index in [2.05, 4.69) is 0 Å². The minimum Gasteiger partial charge on any atom is -0.508 e. The summed E-state index contributed by atoms with van der Waals surface area (Å²) in [4.78, 5) is 25.6. The number of benzene rings is 2. The minimum absolute atomic E-state index is 0. The quantitative estimate of drug-likeness (QED) is 0.386. The predicted octanol–water partition coefficient (Wildman–Crippen LogP) is 1.57. The van der Waals surface area contributed by atoms with Crippen LogP contribution in [0, 0.1) is 0 Å². The van der Waals surface area contributed by atoms with Gasteiger partial charge in [0.15, 0.2) is 0 Å². The van der Waals surface area contributed by atoms with Crippen LogP contribution < -0.4 is 0 Å². The average molecular weight is 444 g/mol. The first kappa shape index (κ1) is 24.5. The monoisotopic (exact) mass is 444 g/mol. The number of hydrogen-bond acceptors (Lipinski definition) is 6. The van der Waals surface area contributed by atoms with Gasteiger partial charge < -0.3 is 20.4 Å². The molecule has 0 saturated heterocycles. The molecule has 0 aliphatic rings. The number of nitrogens with zero attached hydrogens (tertiary/aromatic N) is 2. The summed E-state index contributed by atoms with van der Waals surface area (Å²) >= 11 is 0. The first-order valence-corrected chi connectivity index (χ1v) is 8.77. The SMILES string of the molecule is O=C(O)CN(CCN(CC(=O)O)Cc1ccccc1O)Cc1ccccc1O.[Fe+2]. The van der Waals surface area contributed by atoms with Crippen molar-refractivity contribution < 1.29 is 47.1 Å². The molecule has 0 unspecified atom stereocenters. The Kier molecular flexibility index (Phi) is 10.2. The molecule has 0 heterocycles. The number of para-hydroxylation sites is 2. The van der Waals surface area contributed by atoms with Crippen LogP contribution in [0.2, 0.25) is 0 Å². The summed E-state index contributed by atoms with van der Waals surface area (Å²) in [5.74, 6) is -1.87. The molecule has 0 bridgehead atoms. The average Bonchev–Trinajstić information content (AvgIpc) is 2.62. The molecule has 0 spiro atoms. The fraction of sp³-hybridized carbons (Fsp3) is 0.300. The third-order valence-electron chi connectivity index (χ3n) is 4.22. The van der Waals surface area contributed by atoms with Crippen LogP contribution in [0.15, 0.2) is 48.5 Å². The Hall–Kier alpha value is -2.58. The molecule has 0 fully saturated rings. The molecule has 0 aromatic heterocycles. The third-order valence-corrected chi connectivity index (χ3v) is 4.22. The van der Waals surface area contributed by atoms with E-state index in [9.17, 15) is 19.8 Å². The Bertz CT molecular complexity index is 750. The molecule has 156 valence electrons. The third kappa shape index (κ3) is 8.53. The number of aliphatic carboxylic acids is 2. The first-order valence-electron chi connectivity index (χ1n) is 8.77. The molecule has 29 heavy (non-hydrogen) atoms. The molecule has 0 aliphatic heterocycles. The first-order chi connectivity index (χ1) is 13.3. The topological polar surface area (TPSA) is 122 Å². The van der Waals surface area contributed by atoms with Crippen LogP contribution in [-0.4, -0.2) is 68.3 Å². The van der Waals surface area contributed by atoms with Crippen molar-refractivity contribution in [1.82, 2.24) is 9.80 Å². The maximum atomic E-state index is 11.2. The van der Waals surface area contributed by atoms with Crippen molar-refractivity contribution in [2.45, 2.75) is 13.1 Å². The van der Waals surface area contributed by atoms with Gasteiger partial charge in [-0.25, -0.2) is 0 Å². The standard InChI is InChI=1S/C20H24N2O6.Fe/c23-17-7-3-1-5-15(17)11-21(13-19(25)26)9-10-22(14-20(27)28)12-16-6-2-4-8-18(16)24;/h1-8,23-24H,9-14H2,(H,25,26)(H,27,28);/q;+2. The van der Waals surface area contributed by atoms with Gasteiger partial charge in [-0.1, -0.05) is 36.4 Å². The van der Waals surface area contributed by atoms with E-state index in [0.29, 0.717) is 11.1 Å². The number of carboxylic acids is 2. The number of hydrogen-bond donors (Lipinski definition) is 4. The number of phenols is 2. The van der Waals surface area contributed by atoms with Crippen LogP contribution in [0.5, 0.6) is 11.5 Å². The second-order valence-corrected chi connectivity index (χ2v) is 6.47. The van der Waals surface area contributed by atoms with E-state index in [1.807, 2.05) is 0 Å². The summed E-state index contributed by atoms with van der Waals surface area (Å²) < 4.78 is 0. The zero-order valence-electron chi connectivity index (χ0n) is 15.7. The van der Waals surface area contributed by atoms with E-state index in [1.54, 1.807) is 46.2 Å². The molecule has 2 rings (SSSR count). The minimum atomic E-state index is -1.01. The van der Waals surface area contributed by atoms with Gasteiger partial charge in [0.25, 0.3) is 0 Å². The number of rotatable bonds is 11. The van der Waals surface area contributed by atoms with Crippen molar-refractivity contribution >= 4 is 11.9 Å². The van der Waals surface area contributed by atoms with Crippen LogP contribution in [0.25, 0.3) is 0 Å². The number of carboxylic acid groups (broad SMARTS) is 2. The number of carbonyl (C=O) groups is 2. The summed E-state index contributed by atoms with van der Waals surface area (Å²) in [7, 11) is 0. The smallest absolute Gasteiger partial charge is 0.508 e.